The van der Waals surface area contributed by atoms with Crippen molar-refractivity contribution in [2.45, 2.75) is 31.7 Å². The van der Waals surface area contributed by atoms with Gasteiger partial charge in [0.25, 0.3) is 5.43 Å². The van der Waals surface area contributed by atoms with Crippen LogP contribution in [0, 0.1) is 6.92 Å². The molecule has 1 heterocycles. The van der Waals surface area contributed by atoms with Gasteiger partial charge in [-0.2, -0.15) is 5.10 Å². The molecule has 1 saturated carbocycles. The van der Waals surface area contributed by atoms with E-state index in [0.717, 1.165) is 18.4 Å². The molecule has 1 aromatic carbocycles. The van der Waals surface area contributed by atoms with Gasteiger partial charge >= 0.3 is 5.97 Å². The van der Waals surface area contributed by atoms with Crippen LogP contribution in [-0.4, -0.2) is 26.0 Å². The van der Waals surface area contributed by atoms with Crippen molar-refractivity contribution in [1.29, 1.82) is 0 Å². The van der Waals surface area contributed by atoms with Gasteiger partial charge in [-0.05, 0) is 25.3 Å². The van der Waals surface area contributed by atoms with Crippen LogP contribution in [0.3, 0.4) is 0 Å². The highest BCUT2D eigenvalue weighted by molar-refractivity contribution is 5.85. The fourth-order valence-electron chi connectivity index (χ4n) is 2.65. The number of benzene rings is 1. The number of aryl methyl sites for hydroxylation is 1. The van der Waals surface area contributed by atoms with E-state index >= 15 is 0 Å². The molecule has 1 aliphatic carbocycles. The van der Waals surface area contributed by atoms with E-state index < -0.39 is 22.8 Å². The van der Waals surface area contributed by atoms with Gasteiger partial charge in [0.1, 0.15) is 0 Å². The van der Waals surface area contributed by atoms with Gasteiger partial charge in [0.15, 0.2) is 5.75 Å². The van der Waals surface area contributed by atoms with Crippen LogP contribution in [0.2, 0.25) is 0 Å². The fourth-order valence-corrected chi connectivity index (χ4v) is 2.65. The van der Waals surface area contributed by atoms with Gasteiger partial charge in [0.2, 0.25) is 5.69 Å². The Hall–Kier alpha value is -2.63. The van der Waals surface area contributed by atoms with Crippen LogP contribution >= 0.6 is 0 Å². The van der Waals surface area contributed by atoms with E-state index in [4.69, 9.17) is 5.11 Å². The number of nitrogens with zero attached hydrogens (tertiary/aromatic N) is 2. The molecule has 3 rings (SSSR count). The van der Waals surface area contributed by atoms with Gasteiger partial charge in [-0.25, -0.2) is 4.79 Å². The number of carboxylic acids is 1. The SMILES string of the molecule is Cc1ccc(C2(Cn3cc(O)c(=O)c(C(=O)O)n3)CC2)cc1. The first kappa shape index (κ1) is 14.3. The molecule has 114 valence electrons. The molecule has 0 saturated heterocycles. The molecule has 1 fully saturated rings. The normalized spacial score (nSPS) is 15.5. The summed E-state index contributed by atoms with van der Waals surface area (Å²) in [7, 11) is 0. The Morgan fingerprint density at radius 1 is 1.32 bits per heavy atom. The summed E-state index contributed by atoms with van der Waals surface area (Å²) in [4.78, 5) is 22.6. The average molecular weight is 300 g/mol. The van der Waals surface area contributed by atoms with E-state index in [1.54, 1.807) is 0 Å². The van der Waals surface area contributed by atoms with Gasteiger partial charge in [-0.15, -0.1) is 0 Å². The molecule has 6 heteroatoms. The van der Waals surface area contributed by atoms with E-state index in [-0.39, 0.29) is 5.41 Å². The molecule has 0 amide bonds. The Labute approximate surface area is 126 Å². The Morgan fingerprint density at radius 2 is 1.95 bits per heavy atom. The molecule has 2 aromatic rings. The van der Waals surface area contributed by atoms with Crippen molar-refractivity contribution in [3.8, 4) is 5.75 Å². The molecular weight excluding hydrogens is 284 g/mol. The van der Waals surface area contributed by atoms with Crippen LogP contribution in [-0.2, 0) is 12.0 Å². The lowest BCUT2D eigenvalue weighted by molar-refractivity contribution is 0.0684. The van der Waals surface area contributed by atoms with Gasteiger partial charge in [-0.3, -0.25) is 9.48 Å². The van der Waals surface area contributed by atoms with E-state index in [0.29, 0.717) is 6.54 Å². The lowest BCUT2D eigenvalue weighted by Crippen LogP contribution is -2.25. The standard InChI is InChI=1S/C16H16N2O4/c1-10-2-4-11(5-3-10)16(6-7-16)9-18-8-12(19)14(20)13(17-18)15(21)22/h2-5,8,19H,6-7,9H2,1H3,(H,21,22). The summed E-state index contributed by atoms with van der Waals surface area (Å²) in [6, 6.07) is 8.19. The summed E-state index contributed by atoms with van der Waals surface area (Å²) in [5.74, 6) is -2.03. The molecule has 0 atom stereocenters. The van der Waals surface area contributed by atoms with Gasteiger partial charge in [0.05, 0.1) is 12.7 Å². The Morgan fingerprint density at radius 3 is 2.50 bits per heavy atom. The quantitative estimate of drug-likeness (QED) is 0.896. The van der Waals surface area contributed by atoms with Crippen LogP contribution in [0.15, 0.2) is 35.3 Å². The van der Waals surface area contributed by atoms with Crippen molar-refractivity contribution < 1.29 is 15.0 Å². The van der Waals surface area contributed by atoms with Crippen LogP contribution in [0.4, 0.5) is 0 Å². The second kappa shape index (κ2) is 4.98. The van der Waals surface area contributed by atoms with Gasteiger partial charge in [0, 0.05) is 5.41 Å². The zero-order valence-electron chi connectivity index (χ0n) is 12.1. The molecule has 0 radical (unpaired) electrons. The number of aromatic carboxylic acids is 1. The predicted molar refractivity (Wildman–Crippen MR) is 79.2 cm³/mol. The van der Waals surface area contributed by atoms with Crippen LogP contribution in [0.5, 0.6) is 5.75 Å². The van der Waals surface area contributed by atoms with E-state index in [1.807, 2.05) is 19.1 Å². The summed E-state index contributed by atoms with van der Waals surface area (Å²) >= 11 is 0. The van der Waals surface area contributed by atoms with Gasteiger partial charge < -0.3 is 10.2 Å². The summed E-state index contributed by atoms with van der Waals surface area (Å²) in [5.41, 5.74) is 0.628. The molecule has 1 aliphatic rings. The molecule has 0 bridgehead atoms. The molecule has 6 nitrogen and oxygen atoms in total. The summed E-state index contributed by atoms with van der Waals surface area (Å²) in [6.45, 7) is 2.45. The topological polar surface area (TPSA) is 92.4 Å². The monoisotopic (exact) mass is 300 g/mol. The minimum atomic E-state index is -1.44. The maximum Gasteiger partial charge on any atom is 0.360 e. The highest BCUT2D eigenvalue weighted by Gasteiger charge is 2.44. The molecule has 2 N–H and O–H groups in total. The number of aromatic nitrogens is 2. The number of hydrogen-bond donors (Lipinski definition) is 2. The Bertz CT molecular complexity index is 789. The lowest BCUT2D eigenvalue weighted by Gasteiger charge is -2.17. The maximum absolute atomic E-state index is 11.5. The second-order valence-electron chi connectivity index (χ2n) is 5.84. The molecule has 22 heavy (non-hydrogen) atoms. The third kappa shape index (κ3) is 2.47. The third-order valence-corrected chi connectivity index (χ3v) is 4.13. The average Bonchev–Trinajstić information content (AvgIpc) is 3.24. The lowest BCUT2D eigenvalue weighted by atomic mass is 9.95. The first-order valence-electron chi connectivity index (χ1n) is 7.02. The largest absolute Gasteiger partial charge is 0.503 e. The Kier molecular flexibility index (Phi) is 3.24. The summed E-state index contributed by atoms with van der Waals surface area (Å²) in [6.07, 6.45) is 3.13. The zero-order chi connectivity index (χ0) is 15.9. The van der Waals surface area contributed by atoms with Crippen molar-refractivity contribution in [1.82, 2.24) is 9.78 Å². The minimum absolute atomic E-state index is 0.0992. The van der Waals surface area contributed by atoms with Crippen molar-refractivity contribution in [3.05, 3.63) is 57.5 Å². The first-order valence-corrected chi connectivity index (χ1v) is 7.02. The highest BCUT2D eigenvalue weighted by Crippen LogP contribution is 2.49. The maximum atomic E-state index is 11.5. The van der Waals surface area contributed by atoms with Crippen LogP contribution in [0.1, 0.15) is 34.5 Å². The summed E-state index contributed by atoms with van der Waals surface area (Å²) < 4.78 is 1.35. The Balaban J connectivity index is 1.95. The first-order chi connectivity index (χ1) is 10.4. The van der Waals surface area contributed by atoms with Crippen molar-refractivity contribution in [2.75, 3.05) is 0 Å². The van der Waals surface area contributed by atoms with Crippen molar-refractivity contribution >= 4 is 5.97 Å². The smallest absolute Gasteiger partial charge is 0.360 e. The molecule has 0 aliphatic heterocycles. The third-order valence-electron chi connectivity index (χ3n) is 4.13. The fraction of sp³-hybridized carbons (Fsp3) is 0.312. The highest BCUT2D eigenvalue weighted by atomic mass is 16.4. The molecular formula is C16H16N2O4. The van der Waals surface area contributed by atoms with Crippen molar-refractivity contribution in [3.63, 3.8) is 0 Å². The van der Waals surface area contributed by atoms with Crippen LogP contribution < -0.4 is 5.43 Å². The predicted octanol–water partition coefficient (Wildman–Crippen LogP) is 1.69. The molecule has 1 aromatic heterocycles. The van der Waals surface area contributed by atoms with Crippen LogP contribution in [0.25, 0.3) is 0 Å². The number of carboxylic acid groups (broad SMARTS) is 1. The number of carbonyl (C=O) groups is 1. The van der Waals surface area contributed by atoms with E-state index in [1.165, 1.54) is 16.4 Å². The zero-order valence-corrected chi connectivity index (χ0v) is 12.1. The molecule has 0 unspecified atom stereocenters. The summed E-state index contributed by atoms with van der Waals surface area (Å²) in [5, 5.41) is 22.5. The van der Waals surface area contributed by atoms with Crippen molar-refractivity contribution in [2.24, 2.45) is 0 Å². The van der Waals surface area contributed by atoms with E-state index in [2.05, 4.69) is 17.2 Å². The minimum Gasteiger partial charge on any atom is -0.503 e. The number of hydrogen-bond acceptors (Lipinski definition) is 4. The van der Waals surface area contributed by atoms with E-state index in [9.17, 15) is 14.7 Å². The number of rotatable bonds is 4. The molecule has 0 spiro atoms. The second-order valence-corrected chi connectivity index (χ2v) is 5.84. The number of aromatic hydroxyl groups is 1. The van der Waals surface area contributed by atoms with Gasteiger partial charge in [-0.1, -0.05) is 29.8 Å².